The van der Waals surface area contributed by atoms with Crippen LogP contribution in [-0.2, 0) is 9.59 Å². The number of hydrogen-bond donors (Lipinski definition) is 2. The van der Waals surface area contributed by atoms with Gasteiger partial charge in [-0.15, -0.1) is 0 Å². The molecule has 1 aromatic rings. The van der Waals surface area contributed by atoms with Crippen molar-refractivity contribution in [2.45, 2.75) is 39.5 Å². The van der Waals surface area contributed by atoms with Crippen LogP contribution in [0.4, 0.5) is 11.4 Å². The van der Waals surface area contributed by atoms with E-state index >= 15 is 0 Å². The lowest BCUT2D eigenvalue weighted by molar-refractivity contribution is -0.115. The van der Waals surface area contributed by atoms with Gasteiger partial charge in [-0.2, -0.15) is 0 Å². The molecule has 2 N–H and O–H groups in total. The molecule has 1 heterocycles. The minimum atomic E-state index is -0.224. The van der Waals surface area contributed by atoms with Crippen molar-refractivity contribution in [2.24, 2.45) is 0 Å². The molecule has 0 saturated carbocycles. The van der Waals surface area contributed by atoms with Crippen LogP contribution >= 0.6 is 0 Å². The number of rotatable bonds is 3. The number of hydrogen-bond acceptors (Lipinski definition) is 3. The standard InChI is InChI=1S/C17H23N3O3/c1-12(21)18-15-9-14(10-16(11-15)19-13(2)22)17(23)20-7-5-3-4-6-8-20/h9-11H,3-8H2,1-2H3,(H,18,21)(H,19,22). The normalized spacial score (nSPS) is 14.8. The second-order valence-corrected chi connectivity index (χ2v) is 5.87. The minimum Gasteiger partial charge on any atom is -0.339 e. The Morgan fingerprint density at radius 3 is 1.74 bits per heavy atom. The molecule has 1 aliphatic heterocycles. The maximum Gasteiger partial charge on any atom is 0.254 e. The molecule has 3 amide bonds. The average Bonchev–Trinajstić information content (AvgIpc) is 2.73. The van der Waals surface area contributed by atoms with Crippen molar-refractivity contribution < 1.29 is 14.4 Å². The third-order valence-electron chi connectivity index (χ3n) is 3.71. The maximum atomic E-state index is 12.7. The van der Waals surface area contributed by atoms with Crippen LogP contribution < -0.4 is 10.6 Å². The first kappa shape index (κ1) is 17.0. The summed E-state index contributed by atoms with van der Waals surface area (Å²) in [5, 5.41) is 5.34. The molecular weight excluding hydrogens is 294 g/mol. The Morgan fingerprint density at radius 2 is 1.30 bits per heavy atom. The van der Waals surface area contributed by atoms with Gasteiger partial charge in [0.05, 0.1) is 0 Å². The van der Waals surface area contributed by atoms with E-state index in [0.29, 0.717) is 16.9 Å². The van der Waals surface area contributed by atoms with Gasteiger partial charge >= 0.3 is 0 Å². The largest absolute Gasteiger partial charge is 0.339 e. The Balaban J connectivity index is 2.28. The Labute approximate surface area is 136 Å². The molecule has 6 heteroatoms. The second-order valence-electron chi connectivity index (χ2n) is 5.87. The van der Waals surface area contributed by atoms with Crippen molar-refractivity contribution in [2.75, 3.05) is 23.7 Å². The molecule has 1 aliphatic rings. The lowest BCUT2D eigenvalue weighted by Gasteiger charge is -2.21. The number of likely N-dealkylation sites (tertiary alicyclic amines) is 1. The molecule has 0 bridgehead atoms. The molecule has 1 aromatic carbocycles. The molecule has 1 saturated heterocycles. The van der Waals surface area contributed by atoms with Crippen LogP contribution in [0, 0.1) is 0 Å². The minimum absolute atomic E-state index is 0.0642. The van der Waals surface area contributed by atoms with Crippen LogP contribution in [0.15, 0.2) is 18.2 Å². The van der Waals surface area contributed by atoms with Crippen molar-refractivity contribution in [3.63, 3.8) is 0 Å². The van der Waals surface area contributed by atoms with E-state index in [0.717, 1.165) is 38.8 Å². The number of benzene rings is 1. The van der Waals surface area contributed by atoms with Crippen molar-refractivity contribution in [3.05, 3.63) is 23.8 Å². The molecule has 0 spiro atoms. The topological polar surface area (TPSA) is 78.5 Å². The van der Waals surface area contributed by atoms with E-state index in [9.17, 15) is 14.4 Å². The number of amides is 3. The monoisotopic (exact) mass is 317 g/mol. The van der Waals surface area contributed by atoms with E-state index in [1.54, 1.807) is 18.2 Å². The molecule has 23 heavy (non-hydrogen) atoms. The Hall–Kier alpha value is -2.37. The SMILES string of the molecule is CC(=O)Nc1cc(NC(C)=O)cc(C(=O)N2CCCCCC2)c1. The zero-order valence-corrected chi connectivity index (χ0v) is 13.6. The molecule has 0 radical (unpaired) electrons. The maximum absolute atomic E-state index is 12.7. The Bertz CT molecular complexity index is 571. The number of carbonyl (C=O) groups is 3. The first-order valence-corrected chi connectivity index (χ1v) is 7.95. The summed E-state index contributed by atoms with van der Waals surface area (Å²) in [5.74, 6) is -0.512. The quantitative estimate of drug-likeness (QED) is 0.899. The molecule has 0 aliphatic carbocycles. The van der Waals surface area contributed by atoms with Crippen LogP contribution in [-0.4, -0.2) is 35.7 Å². The summed E-state index contributed by atoms with van der Waals surface area (Å²) in [5.41, 5.74) is 1.48. The molecule has 0 atom stereocenters. The molecule has 0 aromatic heterocycles. The molecule has 2 rings (SSSR count). The smallest absolute Gasteiger partial charge is 0.254 e. The van der Waals surface area contributed by atoms with Crippen molar-refractivity contribution >= 4 is 29.1 Å². The first-order chi connectivity index (χ1) is 11.0. The van der Waals surface area contributed by atoms with Crippen LogP contribution in [0.3, 0.4) is 0 Å². The summed E-state index contributed by atoms with van der Waals surface area (Å²) in [6.07, 6.45) is 4.31. The summed E-state index contributed by atoms with van der Waals surface area (Å²) >= 11 is 0. The number of carbonyl (C=O) groups excluding carboxylic acids is 3. The van der Waals surface area contributed by atoms with Gasteiger partial charge in [0, 0.05) is 43.9 Å². The van der Waals surface area contributed by atoms with Crippen LogP contribution in [0.5, 0.6) is 0 Å². The number of nitrogens with one attached hydrogen (secondary N) is 2. The fourth-order valence-corrected chi connectivity index (χ4v) is 2.76. The predicted octanol–water partition coefficient (Wildman–Crippen LogP) is 2.62. The number of anilines is 2. The molecule has 124 valence electrons. The van der Waals surface area contributed by atoms with E-state index in [-0.39, 0.29) is 17.7 Å². The summed E-state index contributed by atoms with van der Waals surface area (Å²) in [7, 11) is 0. The highest BCUT2D eigenvalue weighted by molar-refractivity contribution is 6.00. The van der Waals surface area contributed by atoms with Gasteiger partial charge in [0.2, 0.25) is 11.8 Å². The molecule has 0 unspecified atom stereocenters. The first-order valence-electron chi connectivity index (χ1n) is 7.95. The number of nitrogens with zero attached hydrogens (tertiary/aromatic N) is 1. The van der Waals surface area contributed by atoms with Crippen LogP contribution in [0.2, 0.25) is 0 Å². The van der Waals surface area contributed by atoms with Gasteiger partial charge < -0.3 is 15.5 Å². The zero-order valence-electron chi connectivity index (χ0n) is 13.6. The van der Waals surface area contributed by atoms with Gasteiger partial charge in [-0.1, -0.05) is 12.8 Å². The third kappa shape index (κ3) is 5.09. The highest BCUT2D eigenvalue weighted by Crippen LogP contribution is 2.22. The lowest BCUT2D eigenvalue weighted by atomic mass is 10.1. The fraction of sp³-hybridized carbons (Fsp3) is 0.471. The predicted molar refractivity (Wildman–Crippen MR) is 89.4 cm³/mol. The van der Waals surface area contributed by atoms with E-state index in [2.05, 4.69) is 10.6 Å². The summed E-state index contributed by atoms with van der Waals surface area (Å²) < 4.78 is 0. The fourth-order valence-electron chi connectivity index (χ4n) is 2.76. The Kier molecular flexibility index (Phi) is 5.73. The van der Waals surface area contributed by atoms with Crippen LogP contribution in [0.1, 0.15) is 49.9 Å². The Morgan fingerprint density at radius 1 is 0.826 bits per heavy atom. The summed E-state index contributed by atoms with van der Waals surface area (Å²) in [6.45, 7) is 4.31. The van der Waals surface area contributed by atoms with Crippen molar-refractivity contribution in [1.82, 2.24) is 4.90 Å². The van der Waals surface area contributed by atoms with Crippen LogP contribution in [0.25, 0.3) is 0 Å². The third-order valence-corrected chi connectivity index (χ3v) is 3.71. The van der Waals surface area contributed by atoms with Gasteiger partial charge in [0.15, 0.2) is 0 Å². The second kappa shape index (κ2) is 7.76. The van der Waals surface area contributed by atoms with Gasteiger partial charge in [0.25, 0.3) is 5.91 Å². The highest BCUT2D eigenvalue weighted by atomic mass is 16.2. The van der Waals surface area contributed by atoms with E-state index in [4.69, 9.17) is 0 Å². The highest BCUT2D eigenvalue weighted by Gasteiger charge is 2.18. The average molecular weight is 317 g/mol. The molecule has 6 nitrogen and oxygen atoms in total. The van der Waals surface area contributed by atoms with E-state index < -0.39 is 0 Å². The van der Waals surface area contributed by atoms with Gasteiger partial charge in [0.1, 0.15) is 0 Å². The zero-order chi connectivity index (χ0) is 16.8. The van der Waals surface area contributed by atoms with Gasteiger partial charge in [-0.25, -0.2) is 0 Å². The van der Waals surface area contributed by atoms with Gasteiger partial charge in [-0.3, -0.25) is 14.4 Å². The van der Waals surface area contributed by atoms with E-state index in [1.165, 1.54) is 13.8 Å². The van der Waals surface area contributed by atoms with Gasteiger partial charge in [-0.05, 0) is 31.0 Å². The van der Waals surface area contributed by atoms with Crippen molar-refractivity contribution in [3.8, 4) is 0 Å². The summed E-state index contributed by atoms with van der Waals surface area (Å²) in [4.78, 5) is 37.1. The van der Waals surface area contributed by atoms with Crippen molar-refractivity contribution in [1.29, 1.82) is 0 Å². The molecule has 1 fully saturated rings. The molecular formula is C17H23N3O3. The summed E-state index contributed by atoms with van der Waals surface area (Å²) in [6, 6.07) is 4.95. The van der Waals surface area contributed by atoms with E-state index in [1.807, 2.05) is 4.90 Å². The lowest BCUT2D eigenvalue weighted by Crippen LogP contribution is -2.32.